The number of alkyl carbamates (subject to hydrolysis) is 1. The van der Waals surface area contributed by atoms with Crippen LogP contribution in [-0.2, 0) is 11.3 Å². The summed E-state index contributed by atoms with van der Waals surface area (Å²) in [5, 5.41) is 19.7. The maximum atomic E-state index is 13.9. The van der Waals surface area contributed by atoms with E-state index >= 15 is 0 Å². The molecule has 10 nitrogen and oxygen atoms in total. The van der Waals surface area contributed by atoms with Gasteiger partial charge in [-0.1, -0.05) is 41.6 Å². The molecule has 0 bridgehead atoms. The number of hydrogen-bond acceptors (Lipinski definition) is 6. The molecule has 0 atom stereocenters. The largest absolute Gasteiger partial charge is 0.444 e. The Morgan fingerprint density at radius 1 is 1.11 bits per heavy atom. The SMILES string of the molecule is CC(C)(C)OC(=O)NC1CCN(C(=O)c2c(-c3ccc4[nH]ncc4c3)nnn2Cc2ccccc2)CC1. The van der Waals surface area contributed by atoms with Gasteiger partial charge in [0.05, 0.1) is 18.3 Å². The lowest BCUT2D eigenvalue weighted by atomic mass is 10.0. The minimum absolute atomic E-state index is 0.0470. The van der Waals surface area contributed by atoms with Crippen LogP contribution >= 0.6 is 0 Å². The summed E-state index contributed by atoms with van der Waals surface area (Å²) in [6.45, 7) is 6.96. The molecule has 0 saturated carbocycles. The number of hydrogen-bond donors (Lipinski definition) is 2. The average molecular weight is 502 g/mol. The van der Waals surface area contributed by atoms with Crippen molar-refractivity contribution >= 4 is 22.9 Å². The Morgan fingerprint density at radius 2 is 1.86 bits per heavy atom. The summed E-state index contributed by atoms with van der Waals surface area (Å²) >= 11 is 0. The molecule has 1 aliphatic rings. The van der Waals surface area contributed by atoms with E-state index in [1.54, 1.807) is 10.9 Å². The van der Waals surface area contributed by atoms with Crippen molar-refractivity contribution in [3.05, 3.63) is 66.0 Å². The normalized spacial score (nSPS) is 14.6. The number of carbonyl (C=O) groups is 2. The number of aromatic amines is 1. The third-order valence-corrected chi connectivity index (χ3v) is 6.33. The molecule has 2 N–H and O–H groups in total. The van der Waals surface area contributed by atoms with Gasteiger partial charge >= 0.3 is 6.09 Å². The minimum Gasteiger partial charge on any atom is -0.444 e. The van der Waals surface area contributed by atoms with Gasteiger partial charge in [0.2, 0.25) is 0 Å². The van der Waals surface area contributed by atoms with Crippen LogP contribution in [-0.4, -0.2) is 66.8 Å². The summed E-state index contributed by atoms with van der Waals surface area (Å²) in [6, 6.07) is 15.6. The van der Waals surface area contributed by atoms with E-state index in [1.807, 2.05) is 74.2 Å². The first-order valence-electron chi connectivity index (χ1n) is 12.5. The van der Waals surface area contributed by atoms with Gasteiger partial charge in [-0.25, -0.2) is 9.48 Å². The molecular weight excluding hydrogens is 470 g/mol. The van der Waals surface area contributed by atoms with Gasteiger partial charge in [0.25, 0.3) is 5.91 Å². The van der Waals surface area contributed by atoms with Gasteiger partial charge < -0.3 is 15.0 Å². The van der Waals surface area contributed by atoms with Crippen LogP contribution in [0.1, 0.15) is 49.7 Å². The first kappa shape index (κ1) is 24.5. The van der Waals surface area contributed by atoms with Gasteiger partial charge in [-0.15, -0.1) is 5.10 Å². The molecule has 5 rings (SSSR count). The molecule has 2 aromatic heterocycles. The number of nitrogens with zero attached hydrogens (tertiary/aromatic N) is 5. The van der Waals surface area contributed by atoms with Gasteiger partial charge in [0.15, 0.2) is 5.69 Å². The number of aromatic nitrogens is 5. The number of H-pyrrole nitrogens is 1. The molecule has 4 aromatic rings. The van der Waals surface area contributed by atoms with Crippen LogP contribution in [0.5, 0.6) is 0 Å². The second-order valence-electron chi connectivity index (χ2n) is 10.3. The Balaban J connectivity index is 1.38. The van der Waals surface area contributed by atoms with Gasteiger partial charge in [-0.2, -0.15) is 5.10 Å². The van der Waals surface area contributed by atoms with Crippen LogP contribution in [0, 0.1) is 0 Å². The molecule has 192 valence electrons. The molecular formula is C27H31N7O3. The van der Waals surface area contributed by atoms with E-state index in [2.05, 4.69) is 25.8 Å². The Bertz CT molecular complexity index is 1400. The number of nitrogens with one attached hydrogen (secondary N) is 2. The fourth-order valence-corrected chi connectivity index (χ4v) is 4.53. The fraction of sp³-hybridized carbons (Fsp3) is 0.370. The fourth-order valence-electron chi connectivity index (χ4n) is 4.53. The highest BCUT2D eigenvalue weighted by Crippen LogP contribution is 2.27. The highest BCUT2D eigenvalue weighted by atomic mass is 16.6. The number of fused-ring (bicyclic) bond motifs is 1. The molecule has 1 fully saturated rings. The molecule has 10 heteroatoms. The minimum atomic E-state index is -0.555. The van der Waals surface area contributed by atoms with E-state index in [-0.39, 0.29) is 11.9 Å². The molecule has 0 spiro atoms. The van der Waals surface area contributed by atoms with Crippen LogP contribution in [0.4, 0.5) is 4.79 Å². The number of amides is 2. The molecule has 3 heterocycles. The molecule has 2 amide bonds. The van der Waals surface area contributed by atoms with E-state index in [0.717, 1.165) is 22.0 Å². The summed E-state index contributed by atoms with van der Waals surface area (Å²) in [4.78, 5) is 27.9. The molecule has 1 aliphatic heterocycles. The van der Waals surface area contributed by atoms with Gasteiger partial charge in [0.1, 0.15) is 11.3 Å². The van der Waals surface area contributed by atoms with E-state index in [1.165, 1.54) is 0 Å². The monoisotopic (exact) mass is 501 g/mol. The zero-order chi connectivity index (χ0) is 26.0. The summed E-state index contributed by atoms with van der Waals surface area (Å²) in [6.07, 6.45) is 2.60. The molecule has 0 aliphatic carbocycles. The Labute approximate surface area is 215 Å². The van der Waals surface area contributed by atoms with Crippen LogP contribution < -0.4 is 5.32 Å². The number of piperidine rings is 1. The third kappa shape index (κ3) is 5.63. The van der Waals surface area contributed by atoms with Gasteiger partial charge in [0, 0.05) is 30.1 Å². The summed E-state index contributed by atoms with van der Waals surface area (Å²) in [7, 11) is 0. The smallest absolute Gasteiger partial charge is 0.407 e. The number of rotatable bonds is 5. The lowest BCUT2D eigenvalue weighted by molar-refractivity contribution is 0.0473. The van der Waals surface area contributed by atoms with Crippen molar-refractivity contribution in [2.75, 3.05) is 13.1 Å². The number of carbonyl (C=O) groups excluding carboxylic acids is 2. The molecule has 1 saturated heterocycles. The quantitative estimate of drug-likeness (QED) is 0.427. The topological polar surface area (TPSA) is 118 Å². The molecule has 2 aromatic carbocycles. The van der Waals surface area contributed by atoms with Crippen LogP contribution in [0.2, 0.25) is 0 Å². The summed E-state index contributed by atoms with van der Waals surface area (Å²) in [5.74, 6) is -0.126. The Hall–Kier alpha value is -4.21. The summed E-state index contributed by atoms with van der Waals surface area (Å²) < 4.78 is 7.06. The maximum absolute atomic E-state index is 13.9. The van der Waals surface area contributed by atoms with Crippen LogP contribution in [0.3, 0.4) is 0 Å². The Kier molecular flexibility index (Phi) is 6.64. The van der Waals surface area contributed by atoms with E-state index in [0.29, 0.717) is 43.9 Å². The zero-order valence-corrected chi connectivity index (χ0v) is 21.3. The highest BCUT2D eigenvalue weighted by molar-refractivity contribution is 5.99. The van der Waals surface area contributed by atoms with Crippen LogP contribution in [0.15, 0.2) is 54.7 Å². The maximum Gasteiger partial charge on any atom is 0.407 e. The second kappa shape index (κ2) is 10.0. The number of benzene rings is 2. The average Bonchev–Trinajstić information content (AvgIpc) is 3.50. The first-order valence-corrected chi connectivity index (χ1v) is 12.5. The van der Waals surface area contributed by atoms with Crippen molar-refractivity contribution in [3.63, 3.8) is 0 Å². The van der Waals surface area contributed by atoms with Crippen molar-refractivity contribution in [2.45, 2.75) is 51.8 Å². The summed E-state index contributed by atoms with van der Waals surface area (Å²) in [5.41, 5.74) is 3.17. The number of ether oxygens (including phenoxy) is 1. The highest BCUT2D eigenvalue weighted by Gasteiger charge is 2.30. The van der Waals surface area contributed by atoms with Crippen molar-refractivity contribution < 1.29 is 14.3 Å². The predicted octanol–water partition coefficient (Wildman–Crippen LogP) is 4.00. The van der Waals surface area contributed by atoms with E-state index in [4.69, 9.17) is 4.74 Å². The standard InChI is InChI=1S/C27H31N7O3/c1-27(2,3)37-26(36)29-21-11-13-33(14-12-21)25(35)24-23(19-9-10-22-20(15-19)16-28-30-22)31-32-34(24)17-18-7-5-4-6-8-18/h4-10,15-16,21H,11-14,17H2,1-3H3,(H,28,30)(H,29,36). The van der Waals surface area contributed by atoms with Crippen molar-refractivity contribution in [1.29, 1.82) is 0 Å². The lowest BCUT2D eigenvalue weighted by Gasteiger charge is -2.33. The molecule has 37 heavy (non-hydrogen) atoms. The molecule has 0 unspecified atom stereocenters. The molecule has 0 radical (unpaired) electrons. The van der Waals surface area contributed by atoms with Gasteiger partial charge in [-0.3, -0.25) is 9.89 Å². The third-order valence-electron chi connectivity index (χ3n) is 6.33. The van der Waals surface area contributed by atoms with E-state index in [9.17, 15) is 9.59 Å². The second-order valence-corrected chi connectivity index (χ2v) is 10.3. The zero-order valence-electron chi connectivity index (χ0n) is 21.3. The van der Waals surface area contributed by atoms with Gasteiger partial charge in [-0.05, 0) is 51.3 Å². The first-order chi connectivity index (χ1) is 17.8. The Morgan fingerprint density at radius 3 is 2.59 bits per heavy atom. The van der Waals surface area contributed by atoms with Crippen molar-refractivity contribution in [1.82, 2.24) is 35.4 Å². The van der Waals surface area contributed by atoms with Crippen molar-refractivity contribution in [2.24, 2.45) is 0 Å². The lowest BCUT2D eigenvalue weighted by Crippen LogP contribution is -2.48. The van der Waals surface area contributed by atoms with Crippen LogP contribution in [0.25, 0.3) is 22.2 Å². The number of likely N-dealkylation sites (tertiary alicyclic amines) is 1. The van der Waals surface area contributed by atoms with E-state index < -0.39 is 11.7 Å². The predicted molar refractivity (Wildman–Crippen MR) is 139 cm³/mol. The van der Waals surface area contributed by atoms with Crippen molar-refractivity contribution in [3.8, 4) is 11.3 Å².